The molecule has 0 fully saturated rings. The molecule has 0 aliphatic rings. The molecule has 45 heavy (non-hydrogen) atoms. The Labute approximate surface area is 265 Å². The first-order valence-corrected chi connectivity index (χ1v) is 15.4. The van der Waals surface area contributed by atoms with Crippen LogP contribution in [0.15, 0.2) is 170 Å². The van der Waals surface area contributed by atoms with Gasteiger partial charge in [-0.3, -0.25) is 9.97 Å². The van der Waals surface area contributed by atoms with Gasteiger partial charge < -0.3 is 0 Å². The molecule has 0 radical (unpaired) electrons. The first kappa shape index (κ1) is 28.2. The molecule has 2 aromatic heterocycles. The van der Waals surface area contributed by atoms with E-state index in [4.69, 9.17) is 9.97 Å². The maximum absolute atomic E-state index is 5.42. The Kier molecular flexibility index (Phi) is 7.63. The molecule has 2 heteroatoms. The Bertz CT molecular complexity index is 2050. The van der Waals surface area contributed by atoms with Crippen molar-refractivity contribution >= 4 is 0 Å². The highest BCUT2D eigenvalue weighted by molar-refractivity contribution is 5.86. The second-order valence-electron chi connectivity index (χ2n) is 11.8. The molecule has 7 rings (SSSR count). The minimum atomic E-state index is -0.491. The summed E-state index contributed by atoms with van der Waals surface area (Å²) in [5, 5.41) is 0. The van der Waals surface area contributed by atoms with Crippen LogP contribution in [0.1, 0.15) is 25.2 Å². The third kappa shape index (κ3) is 5.71. The summed E-state index contributed by atoms with van der Waals surface area (Å²) >= 11 is 0. The SMILES string of the molecule is CC(C)(c1cccc(-c2ccccc2)n1)c1nc(-c2ccccc2)ccc1-c1ccccc1-c1ccc(-c2ccccc2)cc1. The second-order valence-corrected chi connectivity index (χ2v) is 11.8. The molecular formula is C43H34N2. The van der Waals surface area contributed by atoms with E-state index in [2.05, 4.69) is 172 Å². The van der Waals surface area contributed by atoms with Crippen molar-refractivity contribution in [2.75, 3.05) is 0 Å². The highest BCUT2D eigenvalue weighted by Gasteiger charge is 2.31. The van der Waals surface area contributed by atoms with Gasteiger partial charge in [-0.25, -0.2) is 0 Å². The summed E-state index contributed by atoms with van der Waals surface area (Å²) in [6.07, 6.45) is 0. The summed E-state index contributed by atoms with van der Waals surface area (Å²) in [5.41, 5.74) is 12.6. The van der Waals surface area contributed by atoms with Crippen LogP contribution < -0.4 is 0 Å². The number of rotatable bonds is 7. The normalized spacial score (nSPS) is 11.3. The third-order valence-corrected chi connectivity index (χ3v) is 8.54. The van der Waals surface area contributed by atoms with Gasteiger partial charge in [0.15, 0.2) is 0 Å². The molecule has 0 amide bonds. The zero-order chi connectivity index (χ0) is 30.6. The highest BCUT2D eigenvalue weighted by Crippen LogP contribution is 2.41. The first-order valence-electron chi connectivity index (χ1n) is 15.4. The largest absolute Gasteiger partial charge is 0.252 e. The van der Waals surface area contributed by atoms with Crippen molar-refractivity contribution in [2.24, 2.45) is 0 Å². The molecule has 2 heterocycles. The zero-order valence-corrected chi connectivity index (χ0v) is 25.6. The number of pyridine rings is 2. The quantitative estimate of drug-likeness (QED) is 0.188. The molecule has 0 unspecified atom stereocenters. The fraction of sp³-hybridized carbons (Fsp3) is 0.0698. The van der Waals surface area contributed by atoms with Crippen molar-refractivity contribution in [3.05, 3.63) is 181 Å². The fourth-order valence-corrected chi connectivity index (χ4v) is 6.04. The average molecular weight is 579 g/mol. The van der Waals surface area contributed by atoms with E-state index in [-0.39, 0.29) is 0 Å². The Hall–Kier alpha value is -5.60. The molecule has 5 aromatic carbocycles. The van der Waals surface area contributed by atoms with Gasteiger partial charge in [0.1, 0.15) is 0 Å². The van der Waals surface area contributed by atoms with Crippen molar-refractivity contribution in [3.8, 4) is 55.9 Å². The van der Waals surface area contributed by atoms with E-state index in [1.165, 1.54) is 22.3 Å². The molecule has 0 atom stereocenters. The van der Waals surface area contributed by atoms with Crippen LogP contribution in [0.4, 0.5) is 0 Å². The van der Waals surface area contributed by atoms with Gasteiger partial charge in [0, 0.05) is 22.1 Å². The van der Waals surface area contributed by atoms with E-state index in [1.54, 1.807) is 0 Å². The lowest BCUT2D eigenvalue weighted by Gasteiger charge is -2.28. The molecule has 2 nitrogen and oxygen atoms in total. The molecule has 0 bridgehead atoms. The smallest absolute Gasteiger partial charge is 0.0706 e. The zero-order valence-electron chi connectivity index (χ0n) is 25.6. The van der Waals surface area contributed by atoms with Crippen LogP contribution >= 0.6 is 0 Å². The van der Waals surface area contributed by atoms with Crippen molar-refractivity contribution in [1.82, 2.24) is 9.97 Å². The lowest BCUT2D eigenvalue weighted by Crippen LogP contribution is -2.24. The summed E-state index contributed by atoms with van der Waals surface area (Å²) in [4.78, 5) is 10.6. The maximum Gasteiger partial charge on any atom is 0.0706 e. The van der Waals surface area contributed by atoms with Gasteiger partial charge >= 0.3 is 0 Å². The standard InChI is InChI=1S/C43H34N2/c1-43(2,41-24-14-23-39(44-41)34-17-8-4-9-18-34)42-38(29-30-40(45-42)35-19-10-5-11-20-35)37-22-13-12-21-36(37)33-27-25-32(26-28-33)31-15-6-3-7-16-31/h3-30H,1-2H3. The molecule has 7 aromatic rings. The number of hydrogen-bond donors (Lipinski definition) is 0. The molecule has 216 valence electrons. The van der Waals surface area contributed by atoms with Gasteiger partial charge in [-0.15, -0.1) is 0 Å². The van der Waals surface area contributed by atoms with Gasteiger partial charge in [0.2, 0.25) is 0 Å². The summed E-state index contributed by atoms with van der Waals surface area (Å²) < 4.78 is 0. The Morgan fingerprint density at radius 3 is 1.44 bits per heavy atom. The third-order valence-electron chi connectivity index (χ3n) is 8.54. The summed E-state index contributed by atoms with van der Waals surface area (Å²) in [6, 6.07) is 59.5. The van der Waals surface area contributed by atoms with Crippen molar-refractivity contribution in [3.63, 3.8) is 0 Å². The summed E-state index contributed by atoms with van der Waals surface area (Å²) in [6.45, 7) is 4.48. The Morgan fingerprint density at radius 1 is 0.333 bits per heavy atom. The van der Waals surface area contributed by atoms with E-state index in [0.29, 0.717) is 0 Å². The predicted molar refractivity (Wildman–Crippen MR) is 188 cm³/mol. The number of hydrogen-bond acceptors (Lipinski definition) is 2. The van der Waals surface area contributed by atoms with Crippen LogP contribution in [-0.4, -0.2) is 9.97 Å². The minimum Gasteiger partial charge on any atom is -0.252 e. The highest BCUT2D eigenvalue weighted by atomic mass is 14.8. The molecule has 0 aliphatic carbocycles. The van der Waals surface area contributed by atoms with Gasteiger partial charge in [-0.1, -0.05) is 152 Å². The lowest BCUT2D eigenvalue weighted by molar-refractivity contribution is 0.599. The van der Waals surface area contributed by atoms with Gasteiger partial charge in [0.25, 0.3) is 0 Å². The fourth-order valence-electron chi connectivity index (χ4n) is 6.04. The molecular weight excluding hydrogens is 544 g/mol. The number of aromatic nitrogens is 2. The lowest BCUT2D eigenvalue weighted by atomic mass is 9.79. The Balaban J connectivity index is 1.38. The van der Waals surface area contributed by atoms with Gasteiger partial charge in [0.05, 0.1) is 22.8 Å². The number of benzene rings is 5. The van der Waals surface area contributed by atoms with Crippen LogP contribution in [0.2, 0.25) is 0 Å². The van der Waals surface area contributed by atoms with Crippen LogP contribution in [0.25, 0.3) is 55.9 Å². The monoisotopic (exact) mass is 578 g/mol. The van der Waals surface area contributed by atoms with Crippen LogP contribution in [0.5, 0.6) is 0 Å². The van der Waals surface area contributed by atoms with E-state index in [9.17, 15) is 0 Å². The maximum atomic E-state index is 5.42. The Morgan fingerprint density at radius 2 is 0.822 bits per heavy atom. The minimum absolute atomic E-state index is 0.491. The van der Waals surface area contributed by atoms with E-state index in [0.717, 1.165) is 45.0 Å². The summed E-state index contributed by atoms with van der Waals surface area (Å²) in [5.74, 6) is 0. The van der Waals surface area contributed by atoms with E-state index >= 15 is 0 Å². The molecule has 0 saturated carbocycles. The molecule has 0 aliphatic heterocycles. The summed E-state index contributed by atoms with van der Waals surface area (Å²) in [7, 11) is 0. The van der Waals surface area contributed by atoms with E-state index in [1.807, 2.05) is 12.1 Å². The molecule has 0 spiro atoms. The number of nitrogens with zero attached hydrogens (tertiary/aromatic N) is 2. The van der Waals surface area contributed by atoms with Crippen LogP contribution in [0.3, 0.4) is 0 Å². The van der Waals surface area contributed by atoms with Crippen molar-refractivity contribution in [2.45, 2.75) is 19.3 Å². The predicted octanol–water partition coefficient (Wildman–Crippen LogP) is 11.1. The van der Waals surface area contributed by atoms with Gasteiger partial charge in [-0.2, -0.15) is 0 Å². The van der Waals surface area contributed by atoms with Crippen molar-refractivity contribution < 1.29 is 0 Å². The van der Waals surface area contributed by atoms with E-state index < -0.39 is 5.41 Å². The second kappa shape index (κ2) is 12.2. The van der Waals surface area contributed by atoms with Crippen LogP contribution in [0, 0.1) is 0 Å². The first-order chi connectivity index (χ1) is 22.1. The average Bonchev–Trinajstić information content (AvgIpc) is 3.12. The topological polar surface area (TPSA) is 25.8 Å². The molecule has 0 saturated heterocycles. The molecule has 0 N–H and O–H groups in total. The van der Waals surface area contributed by atoms with Gasteiger partial charge in [-0.05, 0) is 59.9 Å². The van der Waals surface area contributed by atoms with Crippen molar-refractivity contribution in [1.29, 1.82) is 0 Å². The van der Waals surface area contributed by atoms with Crippen LogP contribution in [-0.2, 0) is 5.41 Å².